The van der Waals surface area contributed by atoms with Crippen molar-refractivity contribution in [3.05, 3.63) is 22.2 Å². The van der Waals surface area contributed by atoms with Crippen molar-refractivity contribution in [1.29, 1.82) is 0 Å². The van der Waals surface area contributed by atoms with Crippen LogP contribution in [0.2, 0.25) is 5.02 Å². The van der Waals surface area contributed by atoms with E-state index in [9.17, 15) is 5.11 Å². The minimum absolute atomic E-state index is 0.113. The summed E-state index contributed by atoms with van der Waals surface area (Å²) in [5.41, 5.74) is 6.88. The van der Waals surface area contributed by atoms with Gasteiger partial charge in [-0.25, -0.2) is 0 Å². The highest BCUT2D eigenvalue weighted by Gasteiger charge is 2.21. The molecule has 0 radical (unpaired) electrons. The van der Waals surface area contributed by atoms with Crippen LogP contribution in [-0.2, 0) is 0 Å². The number of nitrogens with two attached hydrogens (primary N) is 1. The molecule has 1 aromatic rings. The molecule has 0 heterocycles. The van der Waals surface area contributed by atoms with Gasteiger partial charge in [-0.1, -0.05) is 11.6 Å². The van der Waals surface area contributed by atoms with E-state index in [0.29, 0.717) is 22.1 Å². The summed E-state index contributed by atoms with van der Waals surface area (Å²) in [4.78, 5) is 0. The fourth-order valence-electron chi connectivity index (χ4n) is 1.67. The van der Waals surface area contributed by atoms with Gasteiger partial charge in [0, 0.05) is 12.1 Å². The van der Waals surface area contributed by atoms with Crippen molar-refractivity contribution in [3.8, 4) is 11.5 Å². The molecule has 0 aromatic heterocycles. The molecule has 3 N–H and O–H groups in total. The number of rotatable bonds is 4. The summed E-state index contributed by atoms with van der Waals surface area (Å²) in [6, 6.07) is 1.72. The zero-order valence-electron chi connectivity index (χ0n) is 9.58. The van der Waals surface area contributed by atoms with Gasteiger partial charge < -0.3 is 20.3 Å². The highest BCUT2D eigenvalue weighted by atomic mass is 35.5. The van der Waals surface area contributed by atoms with Crippen LogP contribution >= 0.6 is 11.6 Å². The first-order valence-corrected chi connectivity index (χ1v) is 5.23. The van der Waals surface area contributed by atoms with Crippen LogP contribution in [0, 0.1) is 6.92 Å². The van der Waals surface area contributed by atoms with Crippen LogP contribution in [0.4, 0.5) is 0 Å². The standard InChI is InChI=1S/C11H16ClNO3/c1-6-4-7(12)10(15-2)11(16-3)9(6)8(14)5-13/h4,8,14H,5,13H2,1-3H3. The molecule has 0 aliphatic heterocycles. The van der Waals surface area contributed by atoms with Gasteiger partial charge in [0.1, 0.15) is 0 Å². The van der Waals surface area contributed by atoms with E-state index >= 15 is 0 Å². The van der Waals surface area contributed by atoms with E-state index in [2.05, 4.69) is 0 Å². The monoisotopic (exact) mass is 245 g/mol. The van der Waals surface area contributed by atoms with Gasteiger partial charge in [-0.2, -0.15) is 0 Å². The molecular weight excluding hydrogens is 230 g/mol. The van der Waals surface area contributed by atoms with Gasteiger partial charge in [-0.15, -0.1) is 0 Å². The second-order valence-corrected chi connectivity index (χ2v) is 3.81. The molecule has 0 bridgehead atoms. The Bertz CT molecular complexity index is 382. The summed E-state index contributed by atoms with van der Waals surface area (Å²) in [5.74, 6) is 0.850. The molecule has 0 saturated heterocycles. The van der Waals surface area contributed by atoms with E-state index < -0.39 is 6.10 Å². The summed E-state index contributed by atoms with van der Waals surface area (Å²) < 4.78 is 10.4. The van der Waals surface area contributed by atoms with Crippen LogP contribution in [0.1, 0.15) is 17.2 Å². The molecular formula is C11H16ClNO3. The second kappa shape index (κ2) is 5.39. The average molecular weight is 246 g/mol. The lowest BCUT2D eigenvalue weighted by molar-refractivity contribution is 0.180. The lowest BCUT2D eigenvalue weighted by Gasteiger charge is -2.19. The van der Waals surface area contributed by atoms with Crippen molar-refractivity contribution in [1.82, 2.24) is 0 Å². The topological polar surface area (TPSA) is 64.7 Å². The maximum Gasteiger partial charge on any atom is 0.179 e. The van der Waals surface area contributed by atoms with Crippen molar-refractivity contribution in [2.75, 3.05) is 20.8 Å². The first-order valence-electron chi connectivity index (χ1n) is 4.85. The van der Waals surface area contributed by atoms with Gasteiger partial charge in [0.2, 0.25) is 0 Å². The molecule has 5 heteroatoms. The van der Waals surface area contributed by atoms with Gasteiger partial charge in [-0.05, 0) is 18.6 Å². The van der Waals surface area contributed by atoms with E-state index in [-0.39, 0.29) is 6.54 Å². The van der Waals surface area contributed by atoms with E-state index in [0.717, 1.165) is 5.56 Å². The number of aliphatic hydroxyl groups is 1. The summed E-state index contributed by atoms with van der Waals surface area (Å²) in [6.07, 6.45) is -0.791. The van der Waals surface area contributed by atoms with Crippen LogP contribution in [0.15, 0.2) is 6.07 Å². The minimum Gasteiger partial charge on any atom is -0.492 e. The molecule has 0 fully saturated rings. The molecule has 1 atom stereocenters. The van der Waals surface area contributed by atoms with E-state index in [1.807, 2.05) is 6.92 Å². The molecule has 16 heavy (non-hydrogen) atoms. The van der Waals surface area contributed by atoms with Crippen molar-refractivity contribution in [2.45, 2.75) is 13.0 Å². The molecule has 1 rings (SSSR count). The molecule has 0 aliphatic carbocycles. The zero-order chi connectivity index (χ0) is 12.3. The van der Waals surface area contributed by atoms with Gasteiger partial charge in [0.05, 0.1) is 25.3 Å². The van der Waals surface area contributed by atoms with E-state index in [4.69, 9.17) is 26.8 Å². The number of aliphatic hydroxyl groups excluding tert-OH is 1. The maximum absolute atomic E-state index is 9.83. The lowest BCUT2D eigenvalue weighted by atomic mass is 10.0. The average Bonchev–Trinajstić information content (AvgIpc) is 2.27. The minimum atomic E-state index is -0.791. The van der Waals surface area contributed by atoms with Crippen LogP contribution < -0.4 is 15.2 Å². The summed E-state index contributed by atoms with van der Waals surface area (Å²) in [7, 11) is 3.00. The first-order chi connectivity index (χ1) is 7.56. The lowest BCUT2D eigenvalue weighted by Crippen LogP contribution is -2.14. The molecule has 1 unspecified atom stereocenters. The number of ether oxygens (including phenoxy) is 2. The zero-order valence-corrected chi connectivity index (χ0v) is 10.3. The van der Waals surface area contributed by atoms with E-state index in [1.54, 1.807) is 6.07 Å². The molecule has 1 aromatic carbocycles. The Kier molecular flexibility index (Phi) is 4.41. The highest BCUT2D eigenvalue weighted by Crippen LogP contribution is 2.42. The Labute approximate surface area is 99.9 Å². The third-order valence-electron chi connectivity index (χ3n) is 2.40. The van der Waals surface area contributed by atoms with Gasteiger partial charge in [0.15, 0.2) is 11.5 Å². The first kappa shape index (κ1) is 13.1. The largest absolute Gasteiger partial charge is 0.492 e. The third kappa shape index (κ3) is 2.24. The predicted molar refractivity (Wildman–Crippen MR) is 63.3 cm³/mol. The van der Waals surface area contributed by atoms with Crippen LogP contribution in [0.5, 0.6) is 11.5 Å². The predicted octanol–water partition coefficient (Wildman–Crippen LogP) is 1.66. The normalized spacial score (nSPS) is 12.4. The van der Waals surface area contributed by atoms with Crippen LogP contribution in [0.25, 0.3) is 0 Å². The molecule has 90 valence electrons. The fourth-order valence-corrected chi connectivity index (χ4v) is 1.99. The quantitative estimate of drug-likeness (QED) is 0.847. The number of hydrogen-bond donors (Lipinski definition) is 2. The number of halogens is 1. The third-order valence-corrected chi connectivity index (χ3v) is 2.68. The van der Waals surface area contributed by atoms with E-state index in [1.165, 1.54) is 14.2 Å². The highest BCUT2D eigenvalue weighted by molar-refractivity contribution is 6.32. The maximum atomic E-state index is 9.83. The van der Waals surface area contributed by atoms with Crippen molar-refractivity contribution in [3.63, 3.8) is 0 Å². The van der Waals surface area contributed by atoms with Crippen LogP contribution in [-0.4, -0.2) is 25.9 Å². The van der Waals surface area contributed by atoms with Gasteiger partial charge in [-0.3, -0.25) is 0 Å². The SMILES string of the molecule is COc1c(Cl)cc(C)c(C(O)CN)c1OC. The number of aryl methyl sites for hydroxylation is 1. The van der Waals surface area contributed by atoms with Crippen LogP contribution in [0.3, 0.4) is 0 Å². The summed E-state index contributed by atoms with van der Waals surface area (Å²) >= 11 is 6.02. The molecule has 0 aliphatic rings. The molecule has 0 amide bonds. The molecule has 4 nitrogen and oxygen atoms in total. The van der Waals surface area contributed by atoms with Crippen molar-refractivity contribution in [2.24, 2.45) is 5.73 Å². The Morgan fingerprint density at radius 1 is 1.38 bits per heavy atom. The van der Waals surface area contributed by atoms with Gasteiger partial charge >= 0.3 is 0 Å². The summed E-state index contributed by atoms with van der Waals surface area (Å²) in [6.45, 7) is 1.95. The Morgan fingerprint density at radius 3 is 2.38 bits per heavy atom. The second-order valence-electron chi connectivity index (χ2n) is 3.41. The van der Waals surface area contributed by atoms with Crippen molar-refractivity contribution < 1.29 is 14.6 Å². The number of benzene rings is 1. The Balaban J connectivity index is 3.45. The summed E-state index contributed by atoms with van der Waals surface area (Å²) in [5, 5.41) is 10.3. The molecule has 0 saturated carbocycles. The fraction of sp³-hybridized carbons (Fsp3) is 0.455. The number of hydrogen-bond acceptors (Lipinski definition) is 4. The smallest absolute Gasteiger partial charge is 0.179 e. The Morgan fingerprint density at radius 2 is 1.94 bits per heavy atom. The number of methoxy groups -OCH3 is 2. The van der Waals surface area contributed by atoms with Gasteiger partial charge in [0.25, 0.3) is 0 Å². The molecule has 0 spiro atoms. The Hall–Kier alpha value is -0.970. The van der Waals surface area contributed by atoms with Crippen molar-refractivity contribution >= 4 is 11.6 Å².